The lowest BCUT2D eigenvalue weighted by atomic mass is 9.97. The van der Waals surface area contributed by atoms with Crippen molar-refractivity contribution >= 4 is 17.3 Å². The van der Waals surface area contributed by atoms with Crippen LogP contribution in [0.3, 0.4) is 0 Å². The first-order valence-electron chi connectivity index (χ1n) is 7.12. The highest BCUT2D eigenvalue weighted by Crippen LogP contribution is 2.35. The molecular formula is C16H17NO3S. The number of hydrogen-bond donors (Lipinski definition) is 1. The molecule has 2 heterocycles. The van der Waals surface area contributed by atoms with Crippen LogP contribution < -0.4 is 4.74 Å². The van der Waals surface area contributed by atoms with Crippen molar-refractivity contribution in [3.8, 4) is 5.75 Å². The number of carbonyl (C=O) groups is 1. The van der Waals surface area contributed by atoms with Gasteiger partial charge >= 0.3 is 5.97 Å². The predicted molar refractivity (Wildman–Crippen MR) is 81.5 cm³/mol. The highest BCUT2D eigenvalue weighted by atomic mass is 32.1. The monoisotopic (exact) mass is 303 g/mol. The van der Waals surface area contributed by atoms with E-state index in [-0.39, 0.29) is 5.92 Å². The number of carboxylic acid groups (broad SMARTS) is 1. The average molecular weight is 303 g/mol. The fourth-order valence-corrected chi connectivity index (χ4v) is 3.64. The summed E-state index contributed by atoms with van der Waals surface area (Å²) in [5.74, 6) is 0.200. The quantitative estimate of drug-likeness (QED) is 0.939. The zero-order chi connectivity index (χ0) is 14.8. The first-order chi connectivity index (χ1) is 10.2. The van der Waals surface area contributed by atoms with Crippen LogP contribution in [-0.4, -0.2) is 22.7 Å². The number of aromatic carboxylic acids is 1. The molecule has 1 aromatic carbocycles. The van der Waals surface area contributed by atoms with E-state index in [1.165, 1.54) is 11.3 Å². The van der Waals surface area contributed by atoms with Crippen LogP contribution in [-0.2, 0) is 12.8 Å². The summed E-state index contributed by atoms with van der Waals surface area (Å²) in [6, 6.07) is 7.99. The summed E-state index contributed by atoms with van der Waals surface area (Å²) in [6.45, 7) is 2.60. The molecule has 4 nitrogen and oxygen atoms in total. The zero-order valence-electron chi connectivity index (χ0n) is 11.8. The first-order valence-corrected chi connectivity index (χ1v) is 7.94. The van der Waals surface area contributed by atoms with Gasteiger partial charge in [0.15, 0.2) is 0 Å². The van der Waals surface area contributed by atoms with E-state index in [9.17, 15) is 9.90 Å². The number of aromatic nitrogens is 1. The van der Waals surface area contributed by atoms with Crippen molar-refractivity contribution < 1.29 is 14.6 Å². The number of fused-ring (bicyclic) bond motifs is 1. The number of carboxylic acids is 1. The topological polar surface area (TPSA) is 59.4 Å². The third-order valence-electron chi connectivity index (χ3n) is 3.62. The number of nitrogens with zero attached hydrogens (tertiary/aromatic N) is 1. The lowest BCUT2D eigenvalue weighted by molar-refractivity contribution is 0.0700. The van der Waals surface area contributed by atoms with Crippen molar-refractivity contribution in [2.45, 2.75) is 32.1 Å². The van der Waals surface area contributed by atoms with E-state index in [1.54, 1.807) is 0 Å². The SMILES string of the molecule is CCCc1nc(C2COc3ccccc3C2)sc1C(=O)O. The van der Waals surface area contributed by atoms with E-state index < -0.39 is 5.97 Å². The molecule has 1 aliphatic rings. The third kappa shape index (κ3) is 2.78. The molecule has 1 aliphatic heterocycles. The Kier molecular flexibility index (Phi) is 3.92. The third-order valence-corrected chi connectivity index (χ3v) is 4.87. The number of para-hydroxylation sites is 1. The van der Waals surface area contributed by atoms with Crippen LogP contribution in [0.1, 0.15) is 45.2 Å². The highest BCUT2D eigenvalue weighted by Gasteiger charge is 2.26. The molecule has 3 rings (SSSR count). The number of ether oxygens (including phenoxy) is 1. The molecule has 0 radical (unpaired) electrons. The van der Waals surface area contributed by atoms with Gasteiger partial charge in [0.05, 0.1) is 12.3 Å². The Hall–Kier alpha value is -1.88. The van der Waals surface area contributed by atoms with Gasteiger partial charge < -0.3 is 9.84 Å². The molecule has 2 aromatic rings. The summed E-state index contributed by atoms with van der Waals surface area (Å²) in [5, 5.41) is 10.2. The molecule has 21 heavy (non-hydrogen) atoms. The van der Waals surface area contributed by atoms with Crippen LogP contribution in [0.15, 0.2) is 24.3 Å². The van der Waals surface area contributed by atoms with Crippen LogP contribution in [0.25, 0.3) is 0 Å². The Labute approximate surface area is 127 Å². The lowest BCUT2D eigenvalue weighted by Crippen LogP contribution is -2.19. The van der Waals surface area contributed by atoms with E-state index >= 15 is 0 Å². The molecule has 0 saturated carbocycles. The fraction of sp³-hybridized carbons (Fsp3) is 0.375. The Morgan fingerprint density at radius 3 is 3.05 bits per heavy atom. The maximum Gasteiger partial charge on any atom is 0.347 e. The zero-order valence-corrected chi connectivity index (χ0v) is 12.7. The van der Waals surface area contributed by atoms with Gasteiger partial charge in [0.1, 0.15) is 15.6 Å². The van der Waals surface area contributed by atoms with Crippen LogP contribution in [0, 0.1) is 0 Å². The molecule has 1 aromatic heterocycles. The van der Waals surface area contributed by atoms with Gasteiger partial charge in [0, 0.05) is 5.92 Å². The number of rotatable bonds is 4. The first kappa shape index (κ1) is 14.1. The molecule has 1 N–H and O–H groups in total. The van der Waals surface area contributed by atoms with Gasteiger partial charge in [-0.05, 0) is 24.5 Å². The lowest BCUT2D eigenvalue weighted by Gasteiger charge is -2.23. The molecule has 0 bridgehead atoms. The van der Waals surface area contributed by atoms with Crippen molar-refractivity contribution in [2.75, 3.05) is 6.61 Å². The Morgan fingerprint density at radius 1 is 1.48 bits per heavy atom. The molecule has 0 amide bonds. The summed E-state index contributed by atoms with van der Waals surface area (Å²) in [4.78, 5) is 16.3. The molecule has 5 heteroatoms. The van der Waals surface area contributed by atoms with Crippen LogP contribution in [0.4, 0.5) is 0 Å². The largest absolute Gasteiger partial charge is 0.493 e. The van der Waals surface area contributed by atoms with E-state index in [1.807, 2.05) is 25.1 Å². The van der Waals surface area contributed by atoms with Crippen molar-refractivity contribution in [3.63, 3.8) is 0 Å². The summed E-state index contributed by atoms with van der Waals surface area (Å²) >= 11 is 1.30. The maximum atomic E-state index is 11.3. The molecule has 0 spiro atoms. The molecule has 1 atom stereocenters. The minimum absolute atomic E-state index is 0.147. The molecule has 0 fully saturated rings. The molecule has 0 saturated heterocycles. The van der Waals surface area contributed by atoms with Gasteiger partial charge in [-0.25, -0.2) is 9.78 Å². The average Bonchev–Trinajstić information content (AvgIpc) is 2.91. The van der Waals surface area contributed by atoms with Crippen molar-refractivity contribution in [2.24, 2.45) is 0 Å². The predicted octanol–water partition coefficient (Wildman–Crippen LogP) is 3.51. The van der Waals surface area contributed by atoms with E-state index in [0.717, 1.165) is 29.2 Å². The summed E-state index contributed by atoms with van der Waals surface area (Å²) in [5.41, 5.74) is 1.88. The molecule has 110 valence electrons. The Morgan fingerprint density at radius 2 is 2.29 bits per heavy atom. The van der Waals surface area contributed by atoms with Crippen molar-refractivity contribution in [3.05, 3.63) is 45.4 Å². The van der Waals surface area contributed by atoms with Gasteiger partial charge in [0.2, 0.25) is 0 Å². The van der Waals surface area contributed by atoms with Gasteiger partial charge in [-0.1, -0.05) is 31.5 Å². The van der Waals surface area contributed by atoms with E-state index in [2.05, 4.69) is 11.1 Å². The highest BCUT2D eigenvalue weighted by molar-refractivity contribution is 7.13. The van der Waals surface area contributed by atoms with Crippen LogP contribution >= 0.6 is 11.3 Å². The normalized spacial score (nSPS) is 17.1. The van der Waals surface area contributed by atoms with Gasteiger partial charge in [0.25, 0.3) is 0 Å². The van der Waals surface area contributed by atoms with Crippen LogP contribution in [0.5, 0.6) is 5.75 Å². The molecule has 1 unspecified atom stereocenters. The van der Waals surface area contributed by atoms with Gasteiger partial charge in [-0.2, -0.15) is 0 Å². The molecule has 0 aliphatic carbocycles. The smallest absolute Gasteiger partial charge is 0.347 e. The summed E-state index contributed by atoms with van der Waals surface area (Å²) in [7, 11) is 0. The van der Waals surface area contributed by atoms with Crippen molar-refractivity contribution in [1.82, 2.24) is 4.98 Å². The standard InChI is InChI=1S/C16H17NO3S/c1-2-5-12-14(16(18)19)21-15(17-12)11-8-10-6-3-4-7-13(10)20-9-11/h3-4,6-7,11H,2,5,8-9H2,1H3,(H,18,19). The second kappa shape index (κ2) is 5.85. The fourth-order valence-electron chi connectivity index (χ4n) is 2.60. The summed E-state index contributed by atoms with van der Waals surface area (Å²) in [6.07, 6.45) is 2.46. The summed E-state index contributed by atoms with van der Waals surface area (Å²) < 4.78 is 5.78. The minimum atomic E-state index is -0.876. The van der Waals surface area contributed by atoms with Gasteiger partial charge in [-0.15, -0.1) is 11.3 Å². The Bertz CT molecular complexity index is 665. The van der Waals surface area contributed by atoms with Crippen molar-refractivity contribution in [1.29, 1.82) is 0 Å². The minimum Gasteiger partial charge on any atom is -0.493 e. The number of thiazole rings is 1. The number of aryl methyl sites for hydroxylation is 1. The van der Waals surface area contributed by atoms with E-state index in [0.29, 0.717) is 23.6 Å². The van der Waals surface area contributed by atoms with E-state index in [4.69, 9.17) is 4.74 Å². The maximum absolute atomic E-state index is 11.3. The Balaban J connectivity index is 1.88. The second-order valence-electron chi connectivity index (χ2n) is 5.20. The van der Waals surface area contributed by atoms with Gasteiger partial charge in [-0.3, -0.25) is 0 Å². The molecular weight excluding hydrogens is 286 g/mol. The number of hydrogen-bond acceptors (Lipinski definition) is 4. The number of benzene rings is 1. The van der Waals surface area contributed by atoms with Crippen LogP contribution in [0.2, 0.25) is 0 Å². The second-order valence-corrected chi connectivity index (χ2v) is 6.23.